The van der Waals surface area contributed by atoms with Crippen molar-refractivity contribution in [3.63, 3.8) is 0 Å². The van der Waals surface area contributed by atoms with Crippen LogP contribution in [0.5, 0.6) is 0 Å². The van der Waals surface area contributed by atoms with E-state index in [0.717, 1.165) is 64.2 Å². The van der Waals surface area contributed by atoms with Crippen molar-refractivity contribution in [2.75, 3.05) is 41.0 Å². The normalized spacial score (nSPS) is 13.5. The molecule has 0 rings (SSSR count). The number of nitrogens with zero attached hydrogens (tertiary/aromatic N) is 1. The van der Waals surface area contributed by atoms with Crippen LogP contribution < -0.4 is 0 Å². The Morgan fingerprint density at radius 3 is 1.43 bits per heavy atom. The number of hydrogen-bond donors (Lipinski definition) is 1. The Labute approximate surface area is 343 Å². The SMILES string of the molecule is CC/C=C/C/C=C/C/C=C/CCCCCCCCCCCCCCCC(=O)OCC(COCCC(C(=O)O)[N+](C)(C)C)OC(=O)CCCC/C=C/C/C=C/CC. The third-order valence-corrected chi connectivity index (χ3v) is 9.66. The van der Waals surface area contributed by atoms with Gasteiger partial charge in [-0.05, 0) is 70.6 Å². The first-order chi connectivity index (χ1) is 27.1. The number of hydrogen-bond acceptors (Lipinski definition) is 6. The summed E-state index contributed by atoms with van der Waals surface area (Å²) in [5.74, 6) is -1.52. The molecule has 0 fully saturated rings. The Bertz CT molecular complexity index is 1100. The van der Waals surface area contributed by atoms with Gasteiger partial charge in [0.1, 0.15) is 6.61 Å². The van der Waals surface area contributed by atoms with Crippen molar-refractivity contribution in [3.8, 4) is 0 Å². The quantitative estimate of drug-likeness (QED) is 0.0287. The molecule has 2 unspecified atom stereocenters. The highest BCUT2D eigenvalue weighted by atomic mass is 16.6. The molecule has 0 aromatic carbocycles. The van der Waals surface area contributed by atoms with Crippen LogP contribution in [0.1, 0.15) is 174 Å². The van der Waals surface area contributed by atoms with Crippen molar-refractivity contribution in [3.05, 3.63) is 60.8 Å². The second-order valence-electron chi connectivity index (χ2n) is 15.9. The summed E-state index contributed by atoms with van der Waals surface area (Å²) in [4.78, 5) is 36.8. The molecule has 0 saturated heterocycles. The number of carboxylic acid groups (broad SMARTS) is 1. The van der Waals surface area contributed by atoms with Crippen molar-refractivity contribution >= 4 is 17.9 Å². The van der Waals surface area contributed by atoms with Crippen LogP contribution in [0.4, 0.5) is 0 Å². The van der Waals surface area contributed by atoms with Crippen LogP contribution in [0.25, 0.3) is 0 Å². The second kappa shape index (κ2) is 38.9. The summed E-state index contributed by atoms with van der Waals surface area (Å²) < 4.78 is 17.2. The van der Waals surface area contributed by atoms with Crippen LogP contribution in [-0.4, -0.2) is 80.6 Å². The number of aliphatic carboxylic acids is 1. The first kappa shape index (κ1) is 53.0. The van der Waals surface area contributed by atoms with Gasteiger partial charge < -0.3 is 23.8 Å². The third-order valence-electron chi connectivity index (χ3n) is 9.66. The van der Waals surface area contributed by atoms with Gasteiger partial charge in [0.15, 0.2) is 12.1 Å². The minimum absolute atomic E-state index is 0.0464. The maximum absolute atomic E-state index is 12.6. The van der Waals surface area contributed by atoms with Gasteiger partial charge in [0, 0.05) is 19.3 Å². The fourth-order valence-electron chi connectivity index (χ4n) is 6.26. The van der Waals surface area contributed by atoms with Crippen molar-refractivity contribution in [1.29, 1.82) is 0 Å². The maximum Gasteiger partial charge on any atom is 0.362 e. The smallest absolute Gasteiger partial charge is 0.362 e. The van der Waals surface area contributed by atoms with E-state index in [1.165, 1.54) is 70.6 Å². The summed E-state index contributed by atoms with van der Waals surface area (Å²) in [6.07, 6.45) is 47.2. The van der Waals surface area contributed by atoms with E-state index in [2.05, 4.69) is 74.6 Å². The molecule has 0 bridgehead atoms. The van der Waals surface area contributed by atoms with Gasteiger partial charge in [0.2, 0.25) is 0 Å². The fraction of sp³-hybridized carbons (Fsp3) is 0.729. The molecule has 0 amide bonds. The van der Waals surface area contributed by atoms with Gasteiger partial charge in [0.25, 0.3) is 0 Å². The Balaban J connectivity index is 4.17. The van der Waals surface area contributed by atoms with E-state index in [9.17, 15) is 19.5 Å². The number of esters is 2. The lowest BCUT2D eigenvalue weighted by atomic mass is 10.0. The average molecular weight is 787 g/mol. The number of quaternary nitrogens is 1. The van der Waals surface area contributed by atoms with Crippen LogP contribution in [0.2, 0.25) is 0 Å². The minimum atomic E-state index is -0.882. The topological polar surface area (TPSA) is 99.1 Å². The molecule has 0 radical (unpaired) electrons. The first-order valence-corrected chi connectivity index (χ1v) is 22.3. The number of rotatable bonds is 39. The predicted molar refractivity (Wildman–Crippen MR) is 234 cm³/mol. The maximum atomic E-state index is 12.6. The van der Waals surface area contributed by atoms with Gasteiger partial charge in [-0.1, -0.05) is 145 Å². The Morgan fingerprint density at radius 1 is 0.536 bits per heavy atom. The van der Waals surface area contributed by atoms with Crippen molar-refractivity contribution in [2.45, 2.75) is 187 Å². The molecule has 0 aromatic heterocycles. The number of ether oxygens (including phenoxy) is 3. The molecule has 56 heavy (non-hydrogen) atoms. The molecule has 322 valence electrons. The molecule has 0 aliphatic rings. The molecule has 8 heteroatoms. The molecule has 0 spiro atoms. The molecule has 0 saturated carbocycles. The zero-order valence-corrected chi connectivity index (χ0v) is 36.6. The largest absolute Gasteiger partial charge is 0.477 e. The van der Waals surface area contributed by atoms with Gasteiger partial charge in [-0.3, -0.25) is 9.59 Å². The molecular formula is C48H84NO7+. The summed E-state index contributed by atoms with van der Waals surface area (Å²) >= 11 is 0. The summed E-state index contributed by atoms with van der Waals surface area (Å²) in [6, 6.07) is -0.620. The predicted octanol–water partition coefficient (Wildman–Crippen LogP) is 12.2. The van der Waals surface area contributed by atoms with Crippen molar-refractivity contribution < 1.29 is 38.2 Å². The van der Waals surface area contributed by atoms with Gasteiger partial charge >= 0.3 is 17.9 Å². The zero-order valence-electron chi connectivity index (χ0n) is 36.6. The lowest BCUT2D eigenvalue weighted by Crippen LogP contribution is -2.50. The molecule has 0 heterocycles. The second-order valence-corrected chi connectivity index (χ2v) is 15.9. The number of likely N-dealkylation sites (N-methyl/N-ethyl adjacent to an activating group) is 1. The van der Waals surface area contributed by atoms with Gasteiger partial charge in [0.05, 0.1) is 34.4 Å². The number of carbonyl (C=O) groups is 3. The number of carboxylic acids is 1. The van der Waals surface area contributed by atoms with E-state index < -0.39 is 18.1 Å². The highest BCUT2D eigenvalue weighted by Crippen LogP contribution is 2.15. The van der Waals surface area contributed by atoms with Crippen molar-refractivity contribution in [1.82, 2.24) is 0 Å². The summed E-state index contributed by atoms with van der Waals surface area (Å²) in [5.41, 5.74) is 0. The number of carbonyl (C=O) groups excluding carboxylic acids is 2. The van der Waals surface area contributed by atoms with E-state index in [1.807, 2.05) is 21.1 Å². The molecule has 0 aliphatic heterocycles. The standard InChI is InChI=1S/C48H83NO7/c1-6-8-10-12-14-16-17-18-19-20-21-22-23-24-25-26-27-28-29-31-32-34-36-38-46(50)55-43-44(42-54-41-40-45(48(52)53)49(3,4)5)56-47(51)39-37-35-33-30-15-13-11-9-7-2/h8-11,14-16,18-19,30,44-45H,6-7,12-13,17,20-29,31-43H2,1-5H3/p+1/b10-8+,11-9+,16-14+,19-18+,30-15+. The fourth-order valence-corrected chi connectivity index (χ4v) is 6.26. The molecule has 2 atom stereocenters. The Morgan fingerprint density at radius 2 is 0.946 bits per heavy atom. The molecule has 1 N–H and O–H groups in total. The monoisotopic (exact) mass is 787 g/mol. The van der Waals surface area contributed by atoms with Crippen LogP contribution in [0.3, 0.4) is 0 Å². The number of unbranched alkanes of at least 4 members (excludes halogenated alkanes) is 15. The van der Waals surface area contributed by atoms with Crippen molar-refractivity contribution in [2.24, 2.45) is 0 Å². The summed E-state index contributed by atoms with van der Waals surface area (Å²) in [6.45, 7) is 4.46. The minimum Gasteiger partial charge on any atom is -0.477 e. The highest BCUT2D eigenvalue weighted by molar-refractivity contribution is 5.72. The number of allylic oxidation sites excluding steroid dienone is 10. The van der Waals surface area contributed by atoms with Crippen LogP contribution >= 0.6 is 0 Å². The van der Waals surface area contributed by atoms with Crippen LogP contribution in [0, 0.1) is 0 Å². The van der Waals surface area contributed by atoms with Crippen LogP contribution in [-0.2, 0) is 28.6 Å². The molecule has 0 aromatic rings. The van der Waals surface area contributed by atoms with Gasteiger partial charge in [-0.2, -0.15) is 0 Å². The zero-order chi connectivity index (χ0) is 41.4. The molecular weight excluding hydrogens is 703 g/mol. The van der Waals surface area contributed by atoms with E-state index in [0.29, 0.717) is 19.3 Å². The lowest BCUT2D eigenvalue weighted by molar-refractivity contribution is -0.887. The highest BCUT2D eigenvalue weighted by Gasteiger charge is 2.31. The summed E-state index contributed by atoms with van der Waals surface area (Å²) in [5, 5.41) is 9.60. The van der Waals surface area contributed by atoms with E-state index >= 15 is 0 Å². The van der Waals surface area contributed by atoms with E-state index in [1.54, 1.807) is 0 Å². The van der Waals surface area contributed by atoms with E-state index in [4.69, 9.17) is 14.2 Å². The third kappa shape index (κ3) is 36.7. The lowest BCUT2D eigenvalue weighted by Gasteiger charge is -2.31. The van der Waals surface area contributed by atoms with Gasteiger partial charge in [-0.15, -0.1) is 0 Å². The van der Waals surface area contributed by atoms with Gasteiger partial charge in [-0.25, -0.2) is 4.79 Å². The summed E-state index contributed by atoms with van der Waals surface area (Å²) in [7, 11) is 5.50. The van der Waals surface area contributed by atoms with Crippen LogP contribution in [0.15, 0.2) is 60.8 Å². The molecule has 8 nitrogen and oxygen atoms in total. The first-order valence-electron chi connectivity index (χ1n) is 22.3. The Hall–Kier alpha value is -2.97. The average Bonchev–Trinajstić information content (AvgIpc) is 3.15. The molecule has 0 aliphatic carbocycles. The van der Waals surface area contributed by atoms with E-state index in [-0.39, 0.29) is 42.7 Å². The Kier molecular flexibility index (Phi) is 36.8.